The third kappa shape index (κ3) is 5.80. The van der Waals surface area contributed by atoms with Gasteiger partial charge >= 0.3 is 0 Å². The SMILES string of the molecule is COC(C)CC(C)(C)N. The second-order valence-electron chi connectivity index (χ2n) is 3.24. The first-order valence-corrected chi connectivity index (χ1v) is 3.27. The number of hydrogen-bond acceptors (Lipinski definition) is 2. The number of ether oxygens (including phenoxy) is 1. The maximum Gasteiger partial charge on any atom is 0.0560 e. The molecule has 0 spiro atoms. The largest absolute Gasteiger partial charge is 0.382 e. The molecule has 0 fully saturated rings. The topological polar surface area (TPSA) is 35.2 Å². The van der Waals surface area contributed by atoms with E-state index in [4.69, 9.17) is 10.5 Å². The van der Waals surface area contributed by atoms with Gasteiger partial charge < -0.3 is 10.5 Å². The van der Waals surface area contributed by atoms with Crippen LogP contribution in [0.25, 0.3) is 0 Å². The van der Waals surface area contributed by atoms with Gasteiger partial charge in [0.25, 0.3) is 0 Å². The van der Waals surface area contributed by atoms with Crippen molar-refractivity contribution in [2.75, 3.05) is 7.11 Å². The monoisotopic (exact) mass is 131 g/mol. The van der Waals surface area contributed by atoms with Crippen LogP contribution in [0.15, 0.2) is 0 Å². The molecule has 56 valence electrons. The van der Waals surface area contributed by atoms with E-state index in [1.54, 1.807) is 7.11 Å². The van der Waals surface area contributed by atoms with E-state index in [9.17, 15) is 0 Å². The molecule has 0 rings (SSSR count). The normalized spacial score (nSPS) is 15.7. The zero-order valence-corrected chi connectivity index (χ0v) is 6.77. The highest BCUT2D eigenvalue weighted by Crippen LogP contribution is 2.08. The highest BCUT2D eigenvalue weighted by molar-refractivity contribution is 4.74. The van der Waals surface area contributed by atoms with E-state index in [-0.39, 0.29) is 11.6 Å². The van der Waals surface area contributed by atoms with E-state index in [1.165, 1.54) is 0 Å². The van der Waals surface area contributed by atoms with Gasteiger partial charge in [-0.3, -0.25) is 0 Å². The van der Waals surface area contributed by atoms with Crippen LogP contribution >= 0.6 is 0 Å². The summed E-state index contributed by atoms with van der Waals surface area (Å²) in [6, 6.07) is 0. The molecule has 0 radical (unpaired) electrons. The summed E-state index contributed by atoms with van der Waals surface area (Å²) in [6.07, 6.45) is 1.17. The summed E-state index contributed by atoms with van der Waals surface area (Å²) < 4.78 is 5.05. The zero-order valence-electron chi connectivity index (χ0n) is 6.77. The molecule has 0 aromatic heterocycles. The van der Waals surface area contributed by atoms with Crippen molar-refractivity contribution in [2.45, 2.75) is 38.8 Å². The lowest BCUT2D eigenvalue weighted by Gasteiger charge is -2.21. The molecule has 2 nitrogen and oxygen atoms in total. The van der Waals surface area contributed by atoms with Crippen LogP contribution < -0.4 is 5.73 Å². The van der Waals surface area contributed by atoms with Gasteiger partial charge in [-0.05, 0) is 27.2 Å². The number of methoxy groups -OCH3 is 1. The van der Waals surface area contributed by atoms with Crippen molar-refractivity contribution >= 4 is 0 Å². The Morgan fingerprint density at radius 2 is 2.00 bits per heavy atom. The molecule has 0 aromatic rings. The molecule has 2 N–H and O–H groups in total. The fraction of sp³-hybridized carbons (Fsp3) is 1.00. The molecule has 0 aromatic carbocycles. The summed E-state index contributed by atoms with van der Waals surface area (Å²) in [7, 11) is 1.70. The Balaban J connectivity index is 3.47. The summed E-state index contributed by atoms with van der Waals surface area (Å²) in [4.78, 5) is 0. The van der Waals surface area contributed by atoms with E-state index in [2.05, 4.69) is 0 Å². The fourth-order valence-electron chi connectivity index (χ4n) is 0.824. The summed E-state index contributed by atoms with van der Waals surface area (Å²) in [6.45, 7) is 6.03. The fourth-order valence-corrected chi connectivity index (χ4v) is 0.824. The number of nitrogens with two attached hydrogens (primary N) is 1. The minimum atomic E-state index is -0.102. The second-order valence-corrected chi connectivity index (χ2v) is 3.24. The Kier molecular flexibility index (Phi) is 3.15. The molecule has 9 heavy (non-hydrogen) atoms. The van der Waals surface area contributed by atoms with Gasteiger partial charge in [0.2, 0.25) is 0 Å². The molecule has 0 aliphatic heterocycles. The molecule has 0 saturated heterocycles. The summed E-state index contributed by atoms with van der Waals surface area (Å²) in [5.74, 6) is 0. The van der Waals surface area contributed by atoms with Gasteiger partial charge in [-0.15, -0.1) is 0 Å². The molecular formula is C7H17NO. The molecule has 0 amide bonds. The van der Waals surface area contributed by atoms with Crippen molar-refractivity contribution in [3.05, 3.63) is 0 Å². The standard InChI is InChI=1S/C7H17NO/c1-6(9-4)5-7(2,3)8/h6H,5,8H2,1-4H3. The van der Waals surface area contributed by atoms with E-state index in [1.807, 2.05) is 20.8 Å². The Bertz CT molecular complexity index is 75.5. The Morgan fingerprint density at radius 3 is 2.11 bits per heavy atom. The first-order chi connectivity index (χ1) is 3.95. The quantitative estimate of drug-likeness (QED) is 0.623. The average molecular weight is 131 g/mol. The first kappa shape index (κ1) is 8.92. The molecule has 0 aliphatic carbocycles. The number of hydrogen-bond donors (Lipinski definition) is 1. The lowest BCUT2D eigenvalue weighted by molar-refractivity contribution is 0.0940. The molecular weight excluding hydrogens is 114 g/mol. The van der Waals surface area contributed by atoms with Gasteiger partial charge in [-0.1, -0.05) is 0 Å². The average Bonchev–Trinajstić information content (AvgIpc) is 1.62. The summed E-state index contributed by atoms with van der Waals surface area (Å²) in [5, 5.41) is 0. The summed E-state index contributed by atoms with van der Waals surface area (Å²) >= 11 is 0. The third-order valence-corrected chi connectivity index (χ3v) is 1.22. The zero-order chi connectivity index (χ0) is 7.49. The molecule has 0 aliphatic rings. The van der Waals surface area contributed by atoms with Gasteiger partial charge in [0.15, 0.2) is 0 Å². The molecule has 2 heteroatoms. The van der Waals surface area contributed by atoms with Gasteiger partial charge in [0.1, 0.15) is 0 Å². The molecule has 0 saturated carbocycles. The van der Waals surface area contributed by atoms with Crippen molar-refractivity contribution in [1.82, 2.24) is 0 Å². The lowest BCUT2D eigenvalue weighted by atomic mass is 9.99. The van der Waals surface area contributed by atoms with Crippen LogP contribution in [0.1, 0.15) is 27.2 Å². The lowest BCUT2D eigenvalue weighted by Crippen LogP contribution is -2.35. The Labute approximate surface area is 57.4 Å². The maximum atomic E-state index is 5.73. The van der Waals surface area contributed by atoms with Crippen LogP contribution in [-0.4, -0.2) is 18.8 Å². The maximum absolute atomic E-state index is 5.73. The van der Waals surface area contributed by atoms with Gasteiger partial charge in [0, 0.05) is 12.6 Å². The summed E-state index contributed by atoms with van der Waals surface area (Å²) in [5.41, 5.74) is 5.63. The van der Waals surface area contributed by atoms with Crippen molar-refractivity contribution in [2.24, 2.45) is 5.73 Å². The highest BCUT2D eigenvalue weighted by atomic mass is 16.5. The predicted octanol–water partition coefficient (Wildman–Crippen LogP) is 1.15. The predicted molar refractivity (Wildman–Crippen MR) is 39.4 cm³/mol. The van der Waals surface area contributed by atoms with E-state index in [0.717, 1.165) is 6.42 Å². The van der Waals surface area contributed by atoms with Crippen molar-refractivity contribution in [3.8, 4) is 0 Å². The van der Waals surface area contributed by atoms with Crippen LogP contribution in [-0.2, 0) is 4.74 Å². The van der Waals surface area contributed by atoms with Gasteiger partial charge in [-0.25, -0.2) is 0 Å². The van der Waals surface area contributed by atoms with Crippen LogP contribution in [0.4, 0.5) is 0 Å². The minimum absolute atomic E-state index is 0.102. The third-order valence-electron chi connectivity index (χ3n) is 1.22. The van der Waals surface area contributed by atoms with Crippen molar-refractivity contribution in [1.29, 1.82) is 0 Å². The van der Waals surface area contributed by atoms with Gasteiger partial charge in [-0.2, -0.15) is 0 Å². The van der Waals surface area contributed by atoms with E-state index in [0.29, 0.717) is 0 Å². The van der Waals surface area contributed by atoms with Crippen LogP contribution in [0.3, 0.4) is 0 Å². The molecule has 1 unspecified atom stereocenters. The number of rotatable bonds is 3. The van der Waals surface area contributed by atoms with Crippen LogP contribution in [0.2, 0.25) is 0 Å². The minimum Gasteiger partial charge on any atom is -0.382 e. The van der Waals surface area contributed by atoms with E-state index >= 15 is 0 Å². The molecule has 0 bridgehead atoms. The highest BCUT2D eigenvalue weighted by Gasteiger charge is 2.14. The Hall–Kier alpha value is -0.0800. The first-order valence-electron chi connectivity index (χ1n) is 3.27. The van der Waals surface area contributed by atoms with Crippen LogP contribution in [0, 0.1) is 0 Å². The van der Waals surface area contributed by atoms with Gasteiger partial charge in [0.05, 0.1) is 6.10 Å². The van der Waals surface area contributed by atoms with E-state index < -0.39 is 0 Å². The molecule has 1 atom stereocenters. The van der Waals surface area contributed by atoms with Crippen LogP contribution in [0.5, 0.6) is 0 Å². The molecule has 0 heterocycles. The Morgan fingerprint density at radius 1 is 1.56 bits per heavy atom. The smallest absolute Gasteiger partial charge is 0.0560 e. The van der Waals surface area contributed by atoms with Crippen molar-refractivity contribution < 1.29 is 4.74 Å². The van der Waals surface area contributed by atoms with Crippen molar-refractivity contribution in [3.63, 3.8) is 0 Å². The second kappa shape index (κ2) is 3.18.